The molecule has 27 heavy (non-hydrogen) atoms. The Morgan fingerprint density at radius 3 is 2.00 bits per heavy atom. The number of hydrogen-bond acceptors (Lipinski definition) is 1. The number of unbranched alkanes of at least 4 members (excludes halogenated alkanes) is 9. The number of hydrogen-bond donors (Lipinski definition) is 1. The molecule has 1 aliphatic carbocycles. The van der Waals surface area contributed by atoms with E-state index in [0.29, 0.717) is 11.8 Å². The summed E-state index contributed by atoms with van der Waals surface area (Å²) in [5.41, 5.74) is -0.0268. The van der Waals surface area contributed by atoms with Crippen molar-refractivity contribution < 1.29 is 4.79 Å². The molecule has 1 heterocycles. The van der Waals surface area contributed by atoms with Gasteiger partial charge in [0, 0.05) is 6.54 Å². The van der Waals surface area contributed by atoms with Crippen LogP contribution in [0, 0.1) is 11.3 Å². The fourth-order valence-electron chi connectivity index (χ4n) is 5.65. The molecule has 1 aliphatic heterocycles. The zero-order valence-electron chi connectivity index (χ0n) is 18.3. The van der Waals surface area contributed by atoms with Gasteiger partial charge in [-0.3, -0.25) is 4.79 Å². The molecular weight excluding hydrogens is 330 g/mol. The first-order valence-electron chi connectivity index (χ1n) is 12.6. The summed E-state index contributed by atoms with van der Waals surface area (Å²) in [5.74, 6) is 1.07. The van der Waals surface area contributed by atoms with Crippen LogP contribution in [-0.2, 0) is 4.79 Å². The van der Waals surface area contributed by atoms with Gasteiger partial charge in [-0.1, -0.05) is 103 Å². The van der Waals surface area contributed by atoms with Crippen LogP contribution in [0.3, 0.4) is 0 Å². The molecule has 1 saturated heterocycles. The highest BCUT2D eigenvalue weighted by atomic mass is 16.2. The average Bonchev–Trinajstić information content (AvgIpc) is 3.05. The minimum absolute atomic E-state index is 0.0268. The van der Waals surface area contributed by atoms with Gasteiger partial charge in [0.1, 0.15) is 0 Å². The van der Waals surface area contributed by atoms with Crippen molar-refractivity contribution in [3.8, 4) is 0 Å². The van der Waals surface area contributed by atoms with E-state index in [1.54, 1.807) is 0 Å². The number of nitrogens with one attached hydrogen (secondary N) is 1. The minimum atomic E-state index is -0.0268. The van der Waals surface area contributed by atoms with E-state index in [2.05, 4.69) is 12.2 Å². The molecule has 0 aromatic rings. The van der Waals surface area contributed by atoms with E-state index < -0.39 is 0 Å². The maximum Gasteiger partial charge on any atom is 0.226 e. The Hall–Kier alpha value is -0.530. The number of carbonyl (C=O) groups excluding carboxylic acids is 1. The Labute approximate surface area is 169 Å². The van der Waals surface area contributed by atoms with Crippen molar-refractivity contribution in [1.29, 1.82) is 0 Å². The fraction of sp³-hybridized carbons (Fsp3) is 0.960. The van der Waals surface area contributed by atoms with Gasteiger partial charge >= 0.3 is 0 Å². The standard InChI is InChI=1S/C25H47NO/c1-2-3-4-5-6-7-8-9-12-15-20-25(21-16-17-22-26-24(25)27)23-18-13-10-11-14-19-23/h23H,2-22H2,1H3,(H,26,27). The predicted octanol–water partition coefficient (Wildman–Crippen LogP) is 7.55. The third kappa shape index (κ3) is 7.78. The van der Waals surface area contributed by atoms with Gasteiger partial charge in [0.15, 0.2) is 0 Å². The summed E-state index contributed by atoms with van der Waals surface area (Å²) in [6.07, 6.45) is 26.6. The lowest BCUT2D eigenvalue weighted by Gasteiger charge is -2.39. The molecule has 2 nitrogen and oxygen atoms in total. The predicted molar refractivity (Wildman–Crippen MR) is 117 cm³/mol. The first-order valence-corrected chi connectivity index (χ1v) is 12.6. The molecule has 1 unspecified atom stereocenters. The van der Waals surface area contributed by atoms with Gasteiger partial charge in [0.25, 0.3) is 0 Å². The van der Waals surface area contributed by atoms with Gasteiger partial charge in [-0.25, -0.2) is 0 Å². The van der Waals surface area contributed by atoms with E-state index >= 15 is 0 Å². The SMILES string of the molecule is CCCCCCCCCCCCC1(C2CCCCCC2)CCCCNC1=O. The maximum absolute atomic E-state index is 13.1. The second kappa shape index (κ2) is 13.6. The Morgan fingerprint density at radius 1 is 0.778 bits per heavy atom. The van der Waals surface area contributed by atoms with Crippen molar-refractivity contribution in [1.82, 2.24) is 5.32 Å². The van der Waals surface area contributed by atoms with Gasteiger partial charge in [-0.05, 0) is 38.0 Å². The highest BCUT2D eigenvalue weighted by molar-refractivity contribution is 5.83. The third-order valence-electron chi connectivity index (χ3n) is 7.40. The quantitative estimate of drug-likeness (QED) is 0.276. The highest BCUT2D eigenvalue weighted by Crippen LogP contribution is 2.46. The molecule has 1 amide bonds. The lowest BCUT2D eigenvalue weighted by molar-refractivity contribution is -0.135. The van der Waals surface area contributed by atoms with Crippen molar-refractivity contribution in [3.05, 3.63) is 0 Å². The average molecular weight is 378 g/mol. The highest BCUT2D eigenvalue weighted by Gasteiger charge is 2.44. The number of rotatable bonds is 12. The van der Waals surface area contributed by atoms with Gasteiger partial charge in [0.05, 0.1) is 5.41 Å². The van der Waals surface area contributed by atoms with Crippen molar-refractivity contribution in [2.75, 3.05) is 6.54 Å². The molecule has 2 rings (SSSR count). The molecule has 0 spiro atoms. The van der Waals surface area contributed by atoms with Crippen molar-refractivity contribution in [2.24, 2.45) is 11.3 Å². The summed E-state index contributed by atoms with van der Waals surface area (Å²) in [5, 5.41) is 3.30. The van der Waals surface area contributed by atoms with E-state index in [9.17, 15) is 4.79 Å². The molecule has 0 bridgehead atoms. The molecular formula is C25H47NO. The Balaban J connectivity index is 1.74. The molecule has 1 atom stereocenters. The van der Waals surface area contributed by atoms with E-state index in [-0.39, 0.29) is 5.41 Å². The van der Waals surface area contributed by atoms with E-state index in [4.69, 9.17) is 0 Å². The number of amides is 1. The molecule has 1 N–H and O–H groups in total. The van der Waals surface area contributed by atoms with Crippen molar-refractivity contribution in [2.45, 2.75) is 135 Å². The van der Waals surface area contributed by atoms with E-state index in [1.165, 1.54) is 116 Å². The zero-order valence-corrected chi connectivity index (χ0v) is 18.3. The molecule has 1 saturated carbocycles. The first-order chi connectivity index (χ1) is 13.3. The fourth-order valence-corrected chi connectivity index (χ4v) is 5.65. The molecule has 2 heteroatoms. The van der Waals surface area contributed by atoms with Crippen LogP contribution in [0.1, 0.15) is 135 Å². The second-order valence-electron chi connectivity index (χ2n) is 9.49. The molecule has 2 aliphatic rings. The van der Waals surface area contributed by atoms with Crippen LogP contribution in [0.2, 0.25) is 0 Å². The lowest BCUT2D eigenvalue weighted by Crippen LogP contribution is -2.44. The van der Waals surface area contributed by atoms with Gasteiger partial charge in [-0.2, -0.15) is 0 Å². The summed E-state index contributed by atoms with van der Waals surface area (Å²) in [4.78, 5) is 13.1. The Morgan fingerprint density at radius 2 is 1.37 bits per heavy atom. The zero-order chi connectivity index (χ0) is 19.2. The van der Waals surface area contributed by atoms with Gasteiger partial charge < -0.3 is 5.32 Å². The summed E-state index contributed by atoms with van der Waals surface area (Å²) < 4.78 is 0. The van der Waals surface area contributed by atoms with Crippen LogP contribution >= 0.6 is 0 Å². The minimum Gasteiger partial charge on any atom is -0.356 e. The third-order valence-corrected chi connectivity index (χ3v) is 7.40. The van der Waals surface area contributed by atoms with Crippen LogP contribution in [0.5, 0.6) is 0 Å². The molecule has 0 aromatic heterocycles. The van der Waals surface area contributed by atoms with Crippen molar-refractivity contribution >= 4 is 5.91 Å². The molecule has 2 fully saturated rings. The van der Waals surface area contributed by atoms with Crippen LogP contribution in [0.25, 0.3) is 0 Å². The van der Waals surface area contributed by atoms with Crippen LogP contribution in [0.4, 0.5) is 0 Å². The smallest absolute Gasteiger partial charge is 0.226 e. The molecule has 0 radical (unpaired) electrons. The lowest BCUT2D eigenvalue weighted by atomic mass is 9.65. The van der Waals surface area contributed by atoms with Gasteiger partial charge in [0.2, 0.25) is 5.91 Å². The number of carbonyl (C=O) groups is 1. The topological polar surface area (TPSA) is 29.1 Å². The van der Waals surface area contributed by atoms with Gasteiger partial charge in [-0.15, -0.1) is 0 Å². The Bertz CT molecular complexity index is 386. The summed E-state index contributed by atoms with van der Waals surface area (Å²) in [6.45, 7) is 3.20. The summed E-state index contributed by atoms with van der Waals surface area (Å²) in [6, 6.07) is 0. The van der Waals surface area contributed by atoms with Crippen molar-refractivity contribution in [3.63, 3.8) is 0 Å². The first kappa shape index (κ1) is 22.8. The van der Waals surface area contributed by atoms with E-state index in [1.807, 2.05) is 0 Å². The van der Waals surface area contributed by atoms with Crippen LogP contribution in [0.15, 0.2) is 0 Å². The largest absolute Gasteiger partial charge is 0.356 e. The Kier molecular flexibility index (Phi) is 11.5. The second-order valence-corrected chi connectivity index (χ2v) is 9.49. The summed E-state index contributed by atoms with van der Waals surface area (Å²) >= 11 is 0. The molecule has 0 aromatic carbocycles. The monoisotopic (exact) mass is 377 g/mol. The normalized spacial score (nSPS) is 25.0. The van der Waals surface area contributed by atoms with Crippen LogP contribution in [-0.4, -0.2) is 12.5 Å². The molecule has 158 valence electrons. The van der Waals surface area contributed by atoms with E-state index in [0.717, 1.165) is 19.4 Å². The maximum atomic E-state index is 13.1. The van der Waals surface area contributed by atoms with Crippen LogP contribution < -0.4 is 5.32 Å². The summed E-state index contributed by atoms with van der Waals surface area (Å²) in [7, 11) is 0.